The van der Waals surface area contributed by atoms with Gasteiger partial charge >= 0.3 is 0 Å². The van der Waals surface area contributed by atoms with Crippen LogP contribution < -0.4 is 5.73 Å². The molecule has 0 aromatic carbocycles. The van der Waals surface area contributed by atoms with E-state index in [0.29, 0.717) is 23.5 Å². The number of halogens is 1. The van der Waals surface area contributed by atoms with Crippen molar-refractivity contribution in [2.75, 3.05) is 13.1 Å². The molecular weight excluding hydrogens is 278 g/mol. The molecule has 6 heteroatoms. The summed E-state index contributed by atoms with van der Waals surface area (Å²) in [4.78, 5) is 2.37. The van der Waals surface area contributed by atoms with E-state index in [1.54, 1.807) is 6.26 Å². The number of aromatic nitrogens is 1. The van der Waals surface area contributed by atoms with E-state index in [2.05, 4.69) is 17.0 Å². The lowest BCUT2D eigenvalue weighted by Gasteiger charge is -2.34. The van der Waals surface area contributed by atoms with Gasteiger partial charge in [-0.25, -0.2) is 0 Å². The predicted octanol–water partition coefficient (Wildman–Crippen LogP) is 2.53. The van der Waals surface area contributed by atoms with Crippen molar-refractivity contribution < 1.29 is 8.94 Å². The molecule has 1 aliphatic heterocycles. The zero-order valence-corrected chi connectivity index (χ0v) is 12.3. The molecule has 1 aliphatic rings. The van der Waals surface area contributed by atoms with Crippen molar-refractivity contribution in [2.24, 2.45) is 11.7 Å². The van der Waals surface area contributed by atoms with Crippen LogP contribution >= 0.6 is 12.4 Å². The van der Waals surface area contributed by atoms with Crippen molar-refractivity contribution in [1.29, 1.82) is 0 Å². The summed E-state index contributed by atoms with van der Waals surface area (Å²) in [6.07, 6.45) is 2.68. The fourth-order valence-electron chi connectivity index (χ4n) is 2.54. The van der Waals surface area contributed by atoms with E-state index in [-0.39, 0.29) is 12.4 Å². The van der Waals surface area contributed by atoms with Gasteiger partial charge in [0.05, 0.1) is 12.0 Å². The fourth-order valence-corrected chi connectivity index (χ4v) is 2.54. The third-order valence-electron chi connectivity index (χ3n) is 3.76. The highest BCUT2D eigenvalue weighted by molar-refractivity contribution is 5.85. The molecule has 0 aliphatic carbocycles. The van der Waals surface area contributed by atoms with Crippen LogP contribution in [0.2, 0.25) is 0 Å². The van der Waals surface area contributed by atoms with Gasteiger partial charge in [-0.2, -0.15) is 0 Å². The van der Waals surface area contributed by atoms with Crippen LogP contribution in [0, 0.1) is 5.92 Å². The van der Waals surface area contributed by atoms with Crippen LogP contribution in [0.4, 0.5) is 0 Å². The zero-order chi connectivity index (χ0) is 13.2. The first-order valence-corrected chi connectivity index (χ1v) is 6.70. The van der Waals surface area contributed by atoms with Gasteiger partial charge < -0.3 is 14.7 Å². The molecule has 110 valence electrons. The predicted molar refractivity (Wildman–Crippen MR) is 78.5 cm³/mol. The standard InChI is InChI=1S/C14H19N3O2.ClH/c1-10-8-17(5-4-12(10)15)9-11-7-14(19-16-11)13-3-2-6-18-13;/h2-3,6-7,10,12H,4-5,8-9,15H2,1H3;1H. The highest BCUT2D eigenvalue weighted by Crippen LogP contribution is 2.22. The second-order valence-corrected chi connectivity index (χ2v) is 5.32. The van der Waals surface area contributed by atoms with Crippen molar-refractivity contribution in [3.63, 3.8) is 0 Å². The average Bonchev–Trinajstić information content (AvgIpc) is 3.04. The van der Waals surface area contributed by atoms with Crippen molar-refractivity contribution in [2.45, 2.75) is 25.9 Å². The Morgan fingerprint density at radius 1 is 1.45 bits per heavy atom. The Hall–Kier alpha value is -1.30. The molecule has 2 N–H and O–H groups in total. The minimum atomic E-state index is 0. The summed E-state index contributed by atoms with van der Waals surface area (Å²) < 4.78 is 10.6. The van der Waals surface area contributed by atoms with Crippen LogP contribution in [0.3, 0.4) is 0 Å². The van der Waals surface area contributed by atoms with Gasteiger partial charge in [0.15, 0.2) is 5.76 Å². The third kappa shape index (κ3) is 3.23. The van der Waals surface area contributed by atoms with Crippen molar-refractivity contribution in [3.8, 4) is 11.5 Å². The normalized spacial score (nSPS) is 23.5. The Kier molecular flexibility index (Phi) is 4.86. The first-order valence-electron chi connectivity index (χ1n) is 6.70. The van der Waals surface area contributed by atoms with Crippen LogP contribution in [0.5, 0.6) is 0 Å². The summed E-state index contributed by atoms with van der Waals surface area (Å²) in [5, 5.41) is 4.10. The van der Waals surface area contributed by atoms with E-state index in [4.69, 9.17) is 14.7 Å². The van der Waals surface area contributed by atoms with Crippen LogP contribution in [-0.2, 0) is 6.54 Å². The monoisotopic (exact) mass is 297 g/mol. The summed E-state index contributed by atoms with van der Waals surface area (Å²) in [5.74, 6) is 1.93. The highest BCUT2D eigenvalue weighted by atomic mass is 35.5. The van der Waals surface area contributed by atoms with Crippen molar-refractivity contribution >= 4 is 12.4 Å². The highest BCUT2D eigenvalue weighted by Gasteiger charge is 2.23. The van der Waals surface area contributed by atoms with Gasteiger partial charge in [-0.05, 0) is 24.5 Å². The molecule has 2 aromatic heterocycles. The molecule has 0 radical (unpaired) electrons. The Balaban J connectivity index is 0.00000147. The Bertz CT molecular complexity index is 526. The van der Waals surface area contributed by atoms with E-state index >= 15 is 0 Å². The van der Waals surface area contributed by atoms with Crippen LogP contribution in [-0.4, -0.2) is 29.2 Å². The van der Waals surface area contributed by atoms with Gasteiger partial charge in [0.25, 0.3) is 0 Å². The van der Waals surface area contributed by atoms with Crippen LogP contribution in [0.1, 0.15) is 19.0 Å². The Morgan fingerprint density at radius 3 is 3.00 bits per heavy atom. The summed E-state index contributed by atoms with van der Waals surface area (Å²) in [6, 6.07) is 5.97. The molecule has 0 spiro atoms. The number of nitrogens with two attached hydrogens (primary N) is 1. The molecule has 0 bridgehead atoms. The molecule has 0 amide bonds. The fraction of sp³-hybridized carbons (Fsp3) is 0.500. The molecule has 20 heavy (non-hydrogen) atoms. The SMILES string of the molecule is CC1CN(Cc2cc(-c3ccco3)on2)CCC1N.Cl. The van der Waals surface area contributed by atoms with Gasteiger partial charge in [-0.3, -0.25) is 4.90 Å². The second-order valence-electron chi connectivity index (χ2n) is 5.32. The molecular formula is C14H20ClN3O2. The molecule has 2 unspecified atom stereocenters. The lowest BCUT2D eigenvalue weighted by molar-refractivity contribution is 0.154. The largest absolute Gasteiger partial charge is 0.461 e. The minimum absolute atomic E-state index is 0. The minimum Gasteiger partial charge on any atom is -0.461 e. The van der Waals surface area contributed by atoms with E-state index in [0.717, 1.165) is 31.7 Å². The van der Waals surface area contributed by atoms with Gasteiger partial charge in [0.1, 0.15) is 0 Å². The van der Waals surface area contributed by atoms with Gasteiger partial charge in [0.2, 0.25) is 5.76 Å². The number of hydrogen-bond acceptors (Lipinski definition) is 5. The number of rotatable bonds is 3. The maximum atomic E-state index is 6.03. The number of nitrogens with zero attached hydrogens (tertiary/aromatic N) is 2. The molecule has 2 aromatic rings. The first kappa shape index (κ1) is 15.1. The lowest BCUT2D eigenvalue weighted by Crippen LogP contribution is -2.45. The molecule has 2 atom stereocenters. The molecule has 1 fully saturated rings. The number of hydrogen-bond donors (Lipinski definition) is 1. The maximum Gasteiger partial charge on any atom is 0.202 e. The quantitative estimate of drug-likeness (QED) is 0.943. The zero-order valence-electron chi connectivity index (χ0n) is 11.5. The smallest absolute Gasteiger partial charge is 0.202 e. The summed E-state index contributed by atoms with van der Waals surface area (Å²) >= 11 is 0. The molecule has 3 heterocycles. The van der Waals surface area contributed by atoms with E-state index < -0.39 is 0 Å². The lowest BCUT2D eigenvalue weighted by atomic mass is 9.95. The molecule has 5 nitrogen and oxygen atoms in total. The second kappa shape index (κ2) is 6.43. The molecule has 3 rings (SSSR count). The topological polar surface area (TPSA) is 68.4 Å². The maximum absolute atomic E-state index is 6.03. The number of likely N-dealkylation sites (tertiary alicyclic amines) is 1. The number of piperidine rings is 1. The van der Waals surface area contributed by atoms with E-state index in [1.165, 1.54) is 0 Å². The Morgan fingerprint density at radius 2 is 2.30 bits per heavy atom. The van der Waals surface area contributed by atoms with Crippen LogP contribution in [0.15, 0.2) is 33.4 Å². The summed E-state index contributed by atoms with van der Waals surface area (Å²) in [6.45, 7) is 5.05. The van der Waals surface area contributed by atoms with Crippen molar-refractivity contribution in [1.82, 2.24) is 10.1 Å². The first-order chi connectivity index (χ1) is 9.22. The average molecular weight is 298 g/mol. The van der Waals surface area contributed by atoms with Crippen molar-refractivity contribution in [3.05, 3.63) is 30.2 Å². The summed E-state index contributed by atoms with van der Waals surface area (Å²) in [7, 11) is 0. The van der Waals surface area contributed by atoms with Gasteiger partial charge in [0, 0.05) is 31.7 Å². The van der Waals surface area contributed by atoms with Gasteiger partial charge in [-0.15, -0.1) is 12.4 Å². The van der Waals surface area contributed by atoms with E-state index in [1.807, 2.05) is 18.2 Å². The Labute approximate surface area is 124 Å². The van der Waals surface area contributed by atoms with Crippen LogP contribution in [0.25, 0.3) is 11.5 Å². The summed E-state index contributed by atoms with van der Waals surface area (Å²) in [5.41, 5.74) is 6.97. The molecule has 0 saturated carbocycles. The number of furan rings is 1. The van der Waals surface area contributed by atoms with Gasteiger partial charge in [-0.1, -0.05) is 12.1 Å². The van der Waals surface area contributed by atoms with E-state index in [9.17, 15) is 0 Å². The third-order valence-corrected chi connectivity index (χ3v) is 3.76. The molecule has 1 saturated heterocycles.